The zero-order valence-electron chi connectivity index (χ0n) is 16.1. The van der Waals surface area contributed by atoms with Gasteiger partial charge >= 0.3 is 0 Å². The number of likely N-dealkylation sites (tertiary alicyclic amines) is 1. The van der Waals surface area contributed by atoms with Crippen LogP contribution in [0.5, 0.6) is 0 Å². The monoisotopic (exact) mass is 374 g/mol. The number of anilines is 1. The lowest BCUT2D eigenvalue weighted by molar-refractivity contribution is 0.00812. The number of aliphatic hydroxyl groups is 1. The fourth-order valence-corrected chi connectivity index (χ4v) is 5.62. The van der Waals surface area contributed by atoms with Crippen molar-refractivity contribution in [3.8, 4) is 6.07 Å². The lowest BCUT2D eigenvalue weighted by atomic mass is 9.72. The summed E-state index contributed by atoms with van der Waals surface area (Å²) in [5.74, 6) is 0.866. The second-order valence-corrected chi connectivity index (χ2v) is 8.38. The Morgan fingerprint density at radius 3 is 2.57 bits per heavy atom. The normalized spacial score (nSPS) is 26.4. The van der Waals surface area contributed by atoms with E-state index in [1.54, 1.807) is 12.3 Å². The van der Waals surface area contributed by atoms with E-state index in [1.165, 1.54) is 24.0 Å². The number of nitrogens with zero attached hydrogens (tertiary/aromatic N) is 4. The molecule has 0 amide bonds. The van der Waals surface area contributed by atoms with Crippen molar-refractivity contribution in [2.75, 3.05) is 31.1 Å². The average molecular weight is 374 g/mol. The van der Waals surface area contributed by atoms with E-state index in [-0.39, 0.29) is 17.6 Å². The highest BCUT2D eigenvalue weighted by atomic mass is 16.3. The molecule has 144 valence electrons. The van der Waals surface area contributed by atoms with E-state index in [0.717, 1.165) is 44.8 Å². The zero-order valence-corrected chi connectivity index (χ0v) is 16.1. The molecule has 0 bridgehead atoms. The number of hydrogen-bond acceptors (Lipinski definition) is 5. The van der Waals surface area contributed by atoms with E-state index in [1.807, 2.05) is 6.07 Å². The first-order valence-electron chi connectivity index (χ1n) is 10.4. The van der Waals surface area contributed by atoms with Crippen molar-refractivity contribution in [1.29, 1.82) is 5.26 Å². The molecule has 0 saturated carbocycles. The molecule has 2 atom stereocenters. The van der Waals surface area contributed by atoms with Crippen LogP contribution in [0, 0.1) is 11.3 Å². The maximum Gasteiger partial charge on any atom is 0.129 e. The van der Waals surface area contributed by atoms with Gasteiger partial charge in [-0.2, -0.15) is 5.26 Å². The summed E-state index contributed by atoms with van der Waals surface area (Å²) in [5, 5.41) is 20.7. The number of nitriles is 1. The molecule has 2 aliphatic heterocycles. The molecule has 2 fully saturated rings. The number of rotatable bonds is 2. The predicted molar refractivity (Wildman–Crippen MR) is 108 cm³/mol. The van der Waals surface area contributed by atoms with Crippen molar-refractivity contribution in [2.24, 2.45) is 0 Å². The second kappa shape index (κ2) is 6.88. The quantitative estimate of drug-likeness (QED) is 0.875. The van der Waals surface area contributed by atoms with Crippen LogP contribution in [-0.4, -0.2) is 47.3 Å². The van der Waals surface area contributed by atoms with Gasteiger partial charge in [-0.3, -0.25) is 4.90 Å². The highest BCUT2D eigenvalue weighted by Crippen LogP contribution is 2.53. The highest BCUT2D eigenvalue weighted by molar-refractivity contribution is 5.49. The summed E-state index contributed by atoms with van der Waals surface area (Å²) < 4.78 is 0. The van der Waals surface area contributed by atoms with Crippen LogP contribution in [-0.2, 0) is 5.41 Å². The van der Waals surface area contributed by atoms with Gasteiger partial charge in [0, 0.05) is 24.7 Å². The Bertz CT molecular complexity index is 907. The Kier molecular flexibility index (Phi) is 4.34. The van der Waals surface area contributed by atoms with Crippen molar-refractivity contribution >= 4 is 5.82 Å². The van der Waals surface area contributed by atoms with Gasteiger partial charge < -0.3 is 10.0 Å². The lowest BCUT2D eigenvalue weighted by Gasteiger charge is -2.44. The molecule has 3 aliphatic rings. The summed E-state index contributed by atoms with van der Waals surface area (Å²) in [7, 11) is 0. The van der Waals surface area contributed by atoms with E-state index < -0.39 is 0 Å². The van der Waals surface area contributed by atoms with Crippen LogP contribution in [0.3, 0.4) is 0 Å². The summed E-state index contributed by atoms with van der Waals surface area (Å²) in [6, 6.07) is 14.6. The van der Waals surface area contributed by atoms with Crippen LogP contribution in [0.2, 0.25) is 0 Å². The van der Waals surface area contributed by atoms with Gasteiger partial charge in [-0.15, -0.1) is 0 Å². The van der Waals surface area contributed by atoms with Crippen molar-refractivity contribution in [3.05, 3.63) is 59.3 Å². The van der Waals surface area contributed by atoms with Gasteiger partial charge in [0.05, 0.1) is 23.8 Å². The smallest absolute Gasteiger partial charge is 0.129 e. The van der Waals surface area contributed by atoms with E-state index >= 15 is 0 Å². The molecule has 28 heavy (non-hydrogen) atoms. The molecule has 5 heteroatoms. The molecular formula is C23H26N4O. The van der Waals surface area contributed by atoms with Gasteiger partial charge in [-0.1, -0.05) is 24.3 Å². The number of aliphatic hydroxyl groups excluding tert-OH is 1. The van der Waals surface area contributed by atoms with Gasteiger partial charge in [-0.05, 0) is 62.0 Å². The Morgan fingerprint density at radius 2 is 1.82 bits per heavy atom. The van der Waals surface area contributed by atoms with Gasteiger partial charge in [0.2, 0.25) is 0 Å². The van der Waals surface area contributed by atoms with Crippen LogP contribution < -0.4 is 4.90 Å². The summed E-state index contributed by atoms with van der Waals surface area (Å²) in [5.41, 5.74) is 3.14. The second-order valence-electron chi connectivity index (χ2n) is 8.38. The minimum absolute atomic E-state index is 0.130. The predicted octanol–water partition coefficient (Wildman–Crippen LogP) is 3.00. The topological polar surface area (TPSA) is 63.4 Å². The largest absolute Gasteiger partial charge is 0.390 e. The minimum atomic E-state index is -0.358. The third-order valence-corrected chi connectivity index (χ3v) is 7.07. The van der Waals surface area contributed by atoms with Crippen molar-refractivity contribution in [2.45, 2.75) is 43.2 Å². The van der Waals surface area contributed by atoms with Crippen LogP contribution in [0.25, 0.3) is 0 Å². The first-order chi connectivity index (χ1) is 13.7. The molecule has 1 N–H and O–H groups in total. The number of fused-ring (bicyclic) bond motifs is 2. The SMILES string of the molecule is N#Cc1ccnc(N2CCC3(CC2)c2ccccc2[C@@H](N2CCCC2)[C@@H]3O)c1. The fourth-order valence-electron chi connectivity index (χ4n) is 5.62. The third-order valence-electron chi connectivity index (χ3n) is 7.07. The van der Waals surface area contributed by atoms with Crippen molar-refractivity contribution in [1.82, 2.24) is 9.88 Å². The molecule has 1 aromatic carbocycles. The Hall–Kier alpha value is -2.42. The molecule has 2 aromatic rings. The maximum absolute atomic E-state index is 11.6. The minimum Gasteiger partial charge on any atom is -0.390 e. The zero-order chi connectivity index (χ0) is 19.1. The van der Waals surface area contributed by atoms with E-state index in [2.05, 4.69) is 45.1 Å². The van der Waals surface area contributed by atoms with Crippen molar-refractivity contribution in [3.63, 3.8) is 0 Å². The van der Waals surface area contributed by atoms with Crippen LogP contribution in [0.1, 0.15) is 48.4 Å². The molecule has 0 radical (unpaired) electrons. The molecule has 5 nitrogen and oxygen atoms in total. The number of pyridine rings is 1. The van der Waals surface area contributed by atoms with Gasteiger partial charge in [0.15, 0.2) is 0 Å². The average Bonchev–Trinajstić information content (AvgIpc) is 3.35. The number of aromatic nitrogens is 1. The maximum atomic E-state index is 11.6. The van der Waals surface area contributed by atoms with Gasteiger partial charge in [0.1, 0.15) is 5.82 Å². The van der Waals surface area contributed by atoms with E-state index in [4.69, 9.17) is 0 Å². The Morgan fingerprint density at radius 1 is 1.07 bits per heavy atom. The van der Waals surface area contributed by atoms with E-state index in [9.17, 15) is 10.4 Å². The molecule has 0 unspecified atom stereocenters. The molecule has 1 aromatic heterocycles. The first kappa shape index (κ1) is 17.7. The summed E-state index contributed by atoms with van der Waals surface area (Å²) in [6.45, 7) is 3.87. The fraction of sp³-hybridized carbons (Fsp3) is 0.478. The number of benzene rings is 1. The Labute approximate surface area is 166 Å². The summed E-state index contributed by atoms with van der Waals surface area (Å²) >= 11 is 0. The molecule has 1 spiro atoms. The van der Waals surface area contributed by atoms with Crippen LogP contribution >= 0.6 is 0 Å². The molecule has 1 aliphatic carbocycles. The third kappa shape index (κ3) is 2.63. The molecule has 2 saturated heterocycles. The molecule has 3 heterocycles. The van der Waals surface area contributed by atoms with E-state index in [0.29, 0.717) is 5.56 Å². The summed E-state index contributed by atoms with van der Waals surface area (Å²) in [6.07, 6.45) is 5.63. The first-order valence-corrected chi connectivity index (χ1v) is 10.4. The lowest BCUT2D eigenvalue weighted by Crippen LogP contribution is -2.49. The summed E-state index contributed by atoms with van der Waals surface area (Å²) in [4.78, 5) is 9.21. The number of hydrogen-bond donors (Lipinski definition) is 1. The molecule has 5 rings (SSSR count). The van der Waals surface area contributed by atoms with Crippen LogP contribution in [0.15, 0.2) is 42.6 Å². The highest BCUT2D eigenvalue weighted by Gasteiger charge is 2.54. The van der Waals surface area contributed by atoms with Crippen molar-refractivity contribution < 1.29 is 5.11 Å². The molecular weight excluding hydrogens is 348 g/mol. The number of piperidine rings is 1. The van der Waals surface area contributed by atoms with Crippen LogP contribution in [0.4, 0.5) is 5.82 Å². The standard InChI is InChI=1S/C23H26N4O/c24-16-17-7-10-25-20(15-17)26-13-8-23(9-14-26)19-6-2-1-5-18(19)21(22(23)28)27-11-3-4-12-27/h1-2,5-7,10,15,21-22,28H,3-4,8-9,11-14H2/t21-,22+/m1/s1. The van der Waals surface area contributed by atoms with Gasteiger partial charge in [-0.25, -0.2) is 4.98 Å². The Balaban J connectivity index is 1.44. The van der Waals surface area contributed by atoms with Gasteiger partial charge in [0.25, 0.3) is 0 Å².